The minimum Gasteiger partial charge on any atom is -0.331 e. The Labute approximate surface area is 113 Å². The molecule has 1 aromatic heterocycles. The van der Waals surface area contributed by atoms with Crippen LogP contribution in [0.15, 0.2) is 6.07 Å². The van der Waals surface area contributed by atoms with E-state index in [1.807, 2.05) is 11.0 Å². The maximum Gasteiger partial charge on any atom is 0.264 e. The number of carbonyl (C=O) groups excluding carboxylic acids is 1. The van der Waals surface area contributed by atoms with Gasteiger partial charge in [-0.05, 0) is 51.7 Å². The molecule has 0 radical (unpaired) electrons. The van der Waals surface area contributed by atoms with Gasteiger partial charge in [-0.15, -0.1) is 11.3 Å². The van der Waals surface area contributed by atoms with Gasteiger partial charge in [-0.2, -0.15) is 0 Å². The fourth-order valence-corrected chi connectivity index (χ4v) is 3.67. The smallest absolute Gasteiger partial charge is 0.264 e. The van der Waals surface area contributed by atoms with Gasteiger partial charge in [0.2, 0.25) is 0 Å². The zero-order chi connectivity index (χ0) is 13.3. The second kappa shape index (κ2) is 5.41. The van der Waals surface area contributed by atoms with E-state index in [2.05, 4.69) is 20.8 Å². The third-order valence-corrected chi connectivity index (χ3v) is 5.05. The van der Waals surface area contributed by atoms with E-state index in [1.165, 1.54) is 16.9 Å². The molecule has 4 heteroatoms. The normalized spacial score (nSPS) is 24.3. The van der Waals surface area contributed by atoms with Gasteiger partial charge in [0.15, 0.2) is 0 Å². The van der Waals surface area contributed by atoms with Gasteiger partial charge in [-0.25, -0.2) is 0 Å². The van der Waals surface area contributed by atoms with E-state index in [0.717, 1.165) is 17.7 Å². The fraction of sp³-hybridized carbons (Fsp3) is 0.643. The molecule has 2 unspecified atom stereocenters. The van der Waals surface area contributed by atoms with E-state index in [0.29, 0.717) is 12.6 Å². The van der Waals surface area contributed by atoms with Crippen LogP contribution in [0.3, 0.4) is 0 Å². The van der Waals surface area contributed by atoms with Crippen molar-refractivity contribution in [3.63, 3.8) is 0 Å². The number of carbonyl (C=O) groups is 1. The Hall–Kier alpha value is -0.870. The number of piperidine rings is 1. The molecular formula is C14H22N2OS. The average molecular weight is 266 g/mol. The molecule has 2 rings (SSSR count). The van der Waals surface area contributed by atoms with Crippen LogP contribution < -0.4 is 5.73 Å². The van der Waals surface area contributed by atoms with E-state index in [1.54, 1.807) is 11.3 Å². The van der Waals surface area contributed by atoms with Crippen LogP contribution in [0.5, 0.6) is 0 Å². The Morgan fingerprint density at radius 2 is 2.22 bits per heavy atom. The molecule has 2 N–H and O–H groups in total. The monoisotopic (exact) mass is 266 g/mol. The van der Waals surface area contributed by atoms with Gasteiger partial charge in [0, 0.05) is 23.5 Å². The van der Waals surface area contributed by atoms with E-state index in [9.17, 15) is 4.79 Å². The largest absolute Gasteiger partial charge is 0.331 e. The highest BCUT2D eigenvalue weighted by Gasteiger charge is 2.32. The molecule has 0 saturated carbocycles. The van der Waals surface area contributed by atoms with Crippen LogP contribution in [0.4, 0.5) is 0 Å². The van der Waals surface area contributed by atoms with E-state index in [-0.39, 0.29) is 11.9 Å². The SMILES string of the molecule is Cc1cc(C(=O)N2C(C)CCCC2CN)sc1C. The summed E-state index contributed by atoms with van der Waals surface area (Å²) in [6.45, 7) is 6.83. The van der Waals surface area contributed by atoms with Gasteiger partial charge in [0.05, 0.1) is 4.88 Å². The van der Waals surface area contributed by atoms with Gasteiger partial charge < -0.3 is 10.6 Å². The molecule has 3 nitrogen and oxygen atoms in total. The van der Waals surface area contributed by atoms with Crippen molar-refractivity contribution in [1.29, 1.82) is 0 Å². The van der Waals surface area contributed by atoms with Gasteiger partial charge in [0.1, 0.15) is 0 Å². The molecular weight excluding hydrogens is 244 g/mol. The van der Waals surface area contributed by atoms with Crippen molar-refractivity contribution in [2.24, 2.45) is 5.73 Å². The second-order valence-corrected chi connectivity index (χ2v) is 6.49. The van der Waals surface area contributed by atoms with Gasteiger partial charge in [-0.3, -0.25) is 4.79 Å². The molecule has 100 valence electrons. The molecule has 0 spiro atoms. The van der Waals surface area contributed by atoms with Crippen LogP contribution in [0.25, 0.3) is 0 Å². The molecule has 1 aliphatic rings. The molecule has 2 atom stereocenters. The molecule has 1 aromatic rings. The predicted molar refractivity (Wildman–Crippen MR) is 76.1 cm³/mol. The first kappa shape index (κ1) is 13.6. The van der Waals surface area contributed by atoms with E-state index < -0.39 is 0 Å². The Morgan fingerprint density at radius 1 is 1.50 bits per heavy atom. The summed E-state index contributed by atoms with van der Waals surface area (Å²) < 4.78 is 0. The fourth-order valence-electron chi connectivity index (χ4n) is 2.69. The molecule has 0 aliphatic carbocycles. The molecule has 1 aliphatic heterocycles. The lowest BCUT2D eigenvalue weighted by atomic mass is 9.96. The minimum atomic E-state index is 0.166. The van der Waals surface area contributed by atoms with Crippen molar-refractivity contribution < 1.29 is 4.79 Å². The highest BCUT2D eigenvalue weighted by atomic mass is 32.1. The van der Waals surface area contributed by atoms with Gasteiger partial charge >= 0.3 is 0 Å². The van der Waals surface area contributed by atoms with Crippen LogP contribution in [0.2, 0.25) is 0 Å². The lowest BCUT2D eigenvalue weighted by Gasteiger charge is -2.40. The van der Waals surface area contributed by atoms with Crippen LogP contribution in [-0.2, 0) is 0 Å². The molecule has 0 aromatic carbocycles. The summed E-state index contributed by atoms with van der Waals surface area (Å²) in [5, 5.41) is 0. The summed E-state index contributed by atoms with van der Waals surface area (Å²) in [5.74, 6) is 0.166. The summed E-state index contributed by atoms with van der Waals surface area (Å²) in [4.78, 5) is 16.7. The number of hydrogen-bond donors (Lipinski definition) is 1. The minimum absolute atomic E-state index is 0.166. The highest BCUT2D eigenvalue weighted by molar-refractivity contribution is 7.14. The van der Waals surface area contributed by atoms with Crippen molar-refractivity contribution in [2.45, 2.75) is 52.1 Å². The van der Waals surface area contributed by atoms with Crippen LogP contribution in [0.1, 0.15) is 46.3 Å². The maximum absolute atomic E-state index is 12.6. The summed E-state index contributed by atoms with van der Waals surface area (Å²) >= 11 is 1.60. The van der Waals surface area contributed by atoms with Crippen molar-refractivity contribution in [3.05, 3.63) is 21.4 Å². The zero-order valence-electron chi connectivity index (χ0n) is 11.4. The van der Waals surface area contributed by atoms with Crippen LogP contribution in [-0.4, -0.2) is 29.4 Å². The number of thiophene rings is 1. The second-order valence-electron chi connectivity index (χ2n) is 5.23. The number of amides is 1. The lowest BCUT2D eigenvalue weighted by molar-refractivity contribution is 0.0499. The molecule has 2 heterocycles. The number of likely N-dealkylation sites (tertiary alicyclic amines) is 1. The van der Waals surface area contributed by atoms with Crippen LogP contribution in [0, 0.1) is 13.8 Å². The number of rotatable bonds is 2. The first-order valence-corrected chi connectivity index (χ1v) is 7.46. The van der Waals surface area contributed by atoms with Crippen molar-refractivity contribution in [1.82, 2.24) is 4.90 Å². The van der Waals surface area contributed by atoms with Gasteiger partial charge in [0.25, 0.3) is 5.91 Å². The number of aryl methyl sites for hydroxylation is 2. The van der Waals surface area contributed by atoms with Crippen molar-refractivity contribution in [2.75, 3.05) is 6.54 Å². The molecule has 1 saturated heterocycles. The summed E-state index contributed by atoms with van der Waals surface area (Å²) in [7, 11) is 0. The van der Waals surface area contributed by atoms with E-state index in [4.69, 9.17) is 5.73 Å². The quantitative estimate of drug-likeness (QED) is 0.894. The third kappa shape index (κ3) is 2.45. The maximum atomic E-state index is 12.6. The number of nitrogens with zero attached hydrogens (tertiary/aromatic N) is 1. The molecule has 18 heavy (non-hydrogen) atoms. The first-order valence-electron chi connectivity index (χ1n) is 6.64. The molecule has 1 fully saturated rings. The average Bonchev–Trinajstić information content (AvgIpc) is 2.68. The summed E-state index contributed by atoms with van der Waals surface area (Å²) in [6, 6.07) is 2.53. The molecule has 0 bridgehead atoms. The highest BCUT2D eigenvalue weighted by Crippen LogP contribution is 2.28. The Balaban J connectivity index is 2.25. The number of hydrogen-bond acceptors (Lipinski definition) is 3. The lowest BCUT2D eigenvalue weighted by Crippen LogP contribution is -2.51. The van der Waals surface area contributed by atoms with Gasteiger partial charge in [-0.1, -0.05) is 0 Å². The Kier molecular flexibility index (Phi) is 4.07. The Bertz CT molecular complexity index is 422. The van der Waals surface area contributed by atoms with Crippen molar-refractivity contribution in [3.8, 4) is 0 Å². The van der Waals surface area contributed by atoms with E-state index >= 15 is 0 Å². The van der Waals surface area contributed by atoms with Crippen LogP contribution >= 0.6 is 11.3 Å². The first-order chi connectivity index (χ1) is 8.54. The third-order valence-electron chi connectivity index (χ3n) is 3.91. The predicted octanol–water partition coefficient (Wildman–Crippen LogP) is 2.71. The summed E-state index contributed by atoms with van der Waals surface area (Å²) in [6.07, 6.45) is 3.30. The topological polar surface area (TPSA) is 46.3 Å². The molecule has 1 amide bonds. The van der Waals surface area contributed by atoms with Crippen molar-refractivity contribution >= 4 is 17.2 Å². The number of nitrogens with two attached hydrogens (primary N) is 1. The summed E-state index contributed by atoms with van der Waals surface area (Å²) in [5.41, 5.74) is 7.02. The Morgan fingerprint density at radius 3 is 2.78 bits per heavy atom. The standard InChI is InChI=1S/C14H22N2OS/c1-9-7-13(18-11(9)3)14(17)16-10(2)5-4-6-12(16)8-15/h7,10,12H,4-6,8,15H2,1-3H3. The zero-order valence-corrected chi connectivity index (χ0v) is 12.2.